The second-order valence-corrected chi connectivity index (χ2v) is 2.86. The van der Waals surface area contributed by atoms with Gasteiger partial charge in [-0.3, -0.25) is 10.1 Å². The molecule has 0 bridgehead atoms. The minimum atomic E-state index is -0.473. The minimum absolute atomic E-state index is 0.0498. The molecule has 0 spiro atoms. The summed E-state index contributed by atoms with van der Waals surface area (Å²) in [7, 11) is 0. The van der Waals surface area contributed by atoms with E-state index in [0.29, 0.717) is 0 Å². The summed E-state index contributed by atoms with van der Waals surface area (Å²) in [6.45, 7) is 0. The number of hydrogen-bond donors (Lipinski definition) is 0. The minimum Gasteiger partial charge on any atom is -0.368 e. The van der Waals surface area contributed by atoms with Gasteiger partial charge in [0, 0.05) is 18.5 Å². The molecule has 0 atom stereocenters. The Balaban J connectivity index is 2.32. The van der Waals surface area contributed by atoms with Gasteiger partial charge in [0.05, 0.1) is 4.92 Å². The third-order valence-electron chi connectivity index (χ3n) is 1.84. The SMILES string of the molecule is O=[N+]([O-])c1ccccc1On1cccc1. The lowest BCUT2D eigenvalue weighted by Crippen LogP contribution is -2.03. The largest absolute Gasteiger partial charge is 0.368 e. The first kappa shape index (κ1) is 9.26. The molecule has 1 aromatic carbocycles. The first-order valence-corrected chi connectivity index (χ1v) is 4.32. The van der Waals surface area contributed by atoms with Crippen molar-refractivity contribution in [2.45, 2.75) is 0 Å². The van der Waals surface area contributed by atoms with Gasteiger partial charge in [-0.05, 0) is 18.2 Å². The maximum atomic E-state index is 10.7. The van der Waals surface area contributed by atoms with Crippen molar-refractivity contribution in [3.8, 4) is 5.75 Å². The number of para-hydroxylation sites is 2. The summed E-state index contributed by atoms with van der Waals surface area (Å²) in [5.41, 5.74) is -0.0498. The van der Waals surface area contributed by atoms with E-state index in [-0.39, 0.29) is 11.4 Å². The first-order valence-electron chi connectivity index (χ1n) is 4.32. The lowest BCUT2D eigenvalue weighted by Gasteiger charge is -2.05. The van der Waals surface area contributed by atoms with E-state index in [0.717, 1.165) is 0 Å². The van der Waals surface area contributed by atoms with Gasteiger partial charge in [-0.1, -0.05) is 12.1 Å². The molecule has 1 heterocycles. The van der Waals surface area contributed by atoms with Crippen LogP contribution in [0.4, 0.5) is 5.69 Å². The average Bonchev–Trinajstić information content (AvgIpc) is 2.71. The Morgan fingerprint density at radius 1 is 1.13 bits per heavy atom. The Morgan fingerprint density at radius 2 is 1.80 bits per heavy atom. The summed E-state index contributed by atoms with van der Waals surface area (Å²) in [5, 5.41) is 10.7. The number of nitro benzene ring substituents is 1. The van der Waals surface area contributed by atoms with Crippen LogP contribution in [-0.4, -0.2) is 9.65 Å². The summed E-state index contributed by atoms with van der Waals surface area (Å²) in [6.07, 6.45) is 3.33. The lowest BCUT2D eigenvalue weighted by molar-refractivity contribution is -0.386. The maximum absolute atomic E-state index is 10.7. The second-order valence-electron chi connectivity index (χ2n) is 2.86. The molecule has 0 fully saturated rings. The number of nitro groups is 1. The first-order chi connectivity index (χ1) is 7.27. The molecule has 0 aliphatic carbocycles. The molecule has 76 valence electrons. The Morgan fingerprint density at radius 3 is 2.47 bits per heavy atom. The molecule has 0 unspecified atom stereocenters. The molecule has 0 aliphatic heterocycles. The van der Waals surface area contributed by atoms with Gasteiger partial charge < -0.3 is 4.84 Å². The average molecular weight is 204 g/mol. The third-order valence-corrected chi connectivity index (χ3v) is 1.84. The highest BCUT2D eigenvalue weighted by Crippen LogP contribution is 2.25. The van der Waals surface area contributed by atoms with Gasteiger partial charge in [-0.2, -0.15) is 4.73 Å². The van der Waals surface area contributed by atoms with E-state index >= 15 is 0 Å². The van der Waals surface area contributed by atoms with Crippen LogP contribution in [0.2, 0.25) is 0 Å². The van der Waals surface area contributed by atoms with Crippen LogP contribution < -0.4 is 4.84 Å². The van der Waals surface area contributed by atoms with E-state index in [9.17, 15) is 10.1 Å². The number of rotatable bonds is 3. The molecule has 0 aliphatic rings. The van der Waals surface area contributed by atoms with Crippen molar-refractivity contribution < 1.29 is 9.76 Å². The molecule has 5 heteroatoms. The van der Waals surface area contributed by atoms with E-state index in [1.54, 1.807) is 42.7 Å². The monoisotopic (exact) mass is 204 g/mol. The third kappa shape index (κ3) is 1.96. The van der Waals surface area contributed by atoms with Crippen molar-refractivity contribution in [2.75, 3.05) is 0 Å². The van der Waals surface area contributed by atoms with Crippen molar-refractivity contribution in [3.05, 3.63) is 58.9 Å². The van der Waals surface area contributed by atoms with Crippen LogP contribution in [0.3, 0.4) is 0 Å². The topological polar surface area (TPSA) is 57.3 Å². The summed E-state index contributed by atoms with van der Waals surface area (Å²) in [4.78, 5) is 15.5. The molecule has 0 saturated heterocycles. The van der Waals surface area contributed by atoms with Gasteiger partial charge in [0.25, 0.3) is 0 Å². The standard InChI is InChI=1S/C10H8N2O3/c13-12(14)9-5-1-2-6-10(9)15-11-7-3-4-8-11/h1-8H. The van der Waals surface area contributed by atoms with Crippen LogP contribution in [0.15, 0.2) is 48.8 Å². The van der Waals surface area contributed by atoms with Crippen molar-refractivity contribution in [3.63, 3.8) is 0 Å². The van der Waals surface area contributed by atoms with Crippen LogP contribution in [0.1, 0.15) is 0 Å². The van der Waals surface area contributed by atoms with Gasteiger partial charge in [0.1, 0.15) is 0 Å². The molecule has 15 heavy (non-hydrogen) atoms. The summed E-state index contributed by atoms with van der Waals surface area (Å²) < 4.78 is 1.41. The fourth-order valence-corrected chi connectivity index (χ4v) is 1.18. The van der Waals surface area contributed by atoms with Crippen LogP contribution in [0.25, 0.3) is 0 Å². The van der Waals surface area contributed by atoms with Crippen molar-refractivity contribution in [2.24, 2.45) is 0 Å². The Bertz CT molecular complexity index is 465. The zero-order chi connectivity index (χ0) is 10.7. The number of hydrogen-bond acceptors (Lipinski definition) is 3. The van der Waals surface area contributed by atoms with E-state index < -0.39 is 4.92 Å². The predicted octanol–water partition coefficient (Wildman–Crippen LogP) is 2.24. The van der Waals surface area contributed by atoms with Gasteiger partial charge in [-0.15, -0.1) is 0 Å². The highest BCUT2D eigenvalue weighted by molar-refractivity contribution is 5.45. The Hall–Kier alpha value is -2.30. The summed E-state index contributed by atoms with van der Waals surface area (Å²) >= 11 is 0. The molecule has 2 rings (SSSR count). The summed E-state index contributed by atoms with van der Waals surface area (Å²) in [5.74, 6) is 0.221. The van der Waals surface area contributed by atoms with E-state index in [1.807, 2.05) is 0 Å². The van der Waals surface area contributed by atoms with Crippen molar-refractivity contribution in [1.82, 2.24) is 4.73 Å². The van der Waals surface area contributed by atoms with Gasteiger partial charge in [0.15, 0.2) is 0 Å². The Labute approximate surface area is 85.6 Å². The van der Waals surface area contributed by atoms with Crippen molar-refractivity contribution in [1.29, 1.82) is 0 Å². The van der Waals surface area contributed by atoms with Gasteiger partial charge >= 0.3 is 5.69 Å². The number of benzene rings is 1. The molecular weight excluding hydrogens is 196 g/mol. The molecule has 5 nitrogen and oxygen atoms in total. The molecule has 0 amide bonds. The normalized spacial score (nSPS) is 9.87. The predicted molar refractivity (Wildman–Crippen MR) is 53.6 cm³/mol. The molecule has 1 aromatic heterocycles. The van der Waals surface area contributed by atoms with E-state index in [1.165, 1.54) is 10.8 Å². The highest BCUT2D eigenvalue weighted by atomic mass is 16.7. The van der Waals surface area contributed by atoms with Crippen LogP contribution in [-0.2, 0) is 0 Å². The summed E-state index contributed by atoms with van der Waals surface area (Å²) in [6, 6.07) is 9.78. The van der Waals surface area contributed by atoms with E-state index in [4.69, 9.17) is 4.84 Å². The molecule has 0 N–H and O–H groups in total. The quantitative estimate of drug-likeness (QED) is 0.569. The van der Waals surface area contributed by atoms with Crippen LogP contribution in [0.5, 0.6) is 5.75 Å². The Kier molecular flexibility index (Phi) is 2.37. The molecular formula is C10H8N2O3. The molecule has 0 radical (unpaired) electrons. The molecule has 2 aromatic rings. The highest BCUT2D eigenvalue weighted by Gasteiger charge is 2.14. The van der Waals surface area contributed by atoms with Crippen LogP contribution in [0, 0.1) is 10.1 Å². The second kappa shape index (κ2) is 3.83. The number of aromatic nitrogens is 1. The number of nitrogens with zero attached hydrogens (tertiary/aromatic N) is 2. The lowest BCUT2D eigenvalue weighted by atomic mass is 10.3. The van der Waals surface area contributed by atoms with Gasteiger partial charge in [0.2, 0.25) is 5.75 Å². The van der Waals surface area contributed by atoms with E-state index in [2.05, 4.69) is 0 Å². The van der Waals surface area contributed by atoms with Gasteiger partial charge in [-0.25, -0.2) is 0 Å². The van der Waals surface area contributed by atoms with Crippen LogP contribution >= 0.6 is 0 Å². The fourth-order valence-electron chi connectivity index (χ4n) is 1.18. The zero-order valence-electron chi connectivity index (χ0n) is 7.74. The zero-order valence-corrected chi connectivity index (χ0v) is 7.74. The molecule has 0 saturated carbocycles. The fraction of sp³-hybridized carbons (Fsp3) is 0. The smallest absolute Gasteiger partial charge is 0.314 e. The maximum Gasteiger partial charge on any atom is 0.314 e. The van der Waals surface area contributed by atoms with Crippen molar-refractivity contribution >= 4 is 5.69 Å².